The summed E-state index contributed by atoms with van der Waals surface area (Å²) in [6.45, 7) is 15.3. The highest BCUT2D eigenvalue weighted by molar-refractivity contribution is 6.04. The van der Waals surface area contributed by atoms with Crippen LogP contribution < -0.4 is 5.32 Å². The zero-order chi connectivity index (χ0) is 30.0. The topological polar surface area (TPSA) is 105 Å². The Labute approximate surface area is 244 Å². The third-order valence-electron chi connectivity index (χ3n) is 12.1. The Bertz CT molecular complexity index is 1360. The third kappa shape index (κ3) is 4.53. The van der Waals surface area contributed by atoms with E-state index < -0.39 is 10.8 Å². The van der Waals surface area contributed by atoms with Crippen LogP contribution in [0.25, 0.3) is 0 Å². The van der Waals surface area contributed by atoms with Gasteiger partial charge in [-0.15, -0.1) is 0 Å². The van der Waals surface area contributed by atoms with Crippen LogP contribution in [-0.2, 0) is 9.59 Å². The van der Waals surface area contributed by atoms with Crippen molar-refractivity contribution < 1.29 is 14.4 Å². The van der Waals surface area contributed by atoms with E-state index in [1.807, 2.05) is 26.0 Å². The van der Waals surface area contributed by atoms with Crippen molar-refractivity contribution in [2.45, 2.75) is 106 Å². The quantitative estimate of drug-likeness (QED) is 0.408. The van der Waals surface area contributed by atoms with E-state index in [9.17, 15) is 19.6 Å². The van der Waals surface area contributed by atoms with Crippen LogP contribution in [0.3, 0.4) is 0 Å². The second-order valence-corrected chi connectivity index (χ2v) is 15.2. The maximum Gasteiger partial charge on any atom is 0.342 e. The lowest BCUT2D eigenvalue weighted by Gasteiger charge is -2.64. The van der Waals surface area contributed by atoms with Crippen molar-refractivity contribution in [3.05, 3.63) is 41.8 Å². The number of hydrogen-bond acceptors (Lipinski definition) is 5. The molecular formula is C34H46N4O3. The summed E-state index contributed by atoms with van der Waals surface area (Å²) >= 11 is 0. The zero-order valence-electron chi connectivity index (χ0n) is 25.8. The molecule has 7 heteroatoms. The monoisotopic (exact) mass is 558 g/mol. The number of aromatic nitrogens is 2. The number of hydrogen-bond donors (Lipinski definition) is 1. The normalized spacial score (nSPS) is 38.2. The lowest BCUT2D eigenvalue weighted by Crippen LogP contribution is -2.60. The lowest BCUT2D eigenvalue weighted by molar-refractivity contribution is -0.139. The Morgan fingerprint density at radius 3 is 2.34 bits per heavy atom. The minimum absolute atomic E-state index is 0.0199. The molecular weight excluding hydrogens is 512 g/mol. The fourth-order valence-electron chi connectivity index (χ4n) is 9.27. The van der Waals surface area contributed by atoms with Crippen LogP contribution in [0, 0.1) is 50.2 Å². The van der Waals surface area contributed by atoms with Gasteiger partial charge < -0.3 is 5.32 Å². The van der Waals surface area contributed by atoms with E-state index in [1.54, 1.807) is 18.5 Å². The smallest absolute Gasteiger partial charge is 0.333 e. The van der Waals surface area contributed by atoms with E-state index in [0.29, 0.717) is 0 Å². The minimum atomic E-state index is -0.681. The summed E-state index contributed by atoms with van der Waals surface area (Å²) in [7, 11) is 0. The zero-order valence-corrected chi connectivity index (χ0v) is 25.8. The van der Waals surface area contributed by atoms with Gasteiger partial charge >= 0.3 is 6.03 Å². The molecule has 0 aromatic carbocycles. The summed E-state index contributed by atoms with van der Waals surface area (Å²) in [6, 6.07) is 3.67. The van der Waals surface area contributed by atoms with Crippen LogP contribution in [0.5, 0.6) is 0 Å². The summed E-state index contributed by atoms with van der Waals surface area (Å²) in [5.74, 6) is -0.00750. The van der Waals surface area contributed by atoms with Crippen LogP contribution in [0.4, 0.5) is 4.79 Å². The predicted octanol–water partition coefficient (Wildman–Crippen LogP) is 6.80. The molecule has 4 aliphatic rings. The molecule has 0 aliphatic heterocycles. The molecule has 1 N–H and O–H groups in total. The average molecular weight is 559 g/mol. The van der Waals surface area contributed by atoms with Gasteiger partial charge in [-0.3, -0.25) is 9.59 Å². The largest absolute Gasteiger partial charge is 0.342 e. The molecule has 1 amide bonds. The molecule has 1 heterocycles. The van der Waals surface area contributed by atoms with Crippen LogP contribution in [0.15, 0.2) is 41.8 Å². The first kappa shape index (κ1) is 29.5. The summed E-state index contributed by atoms with van der Waals surface area (Å²) < 4.78 is 1.34. The fourth-order valence-corrected chi connectivity index (χ4v) is 9.27. The van der Waals surface area contributed by atoms with Gasteiger partial charge in [-0.05, 0) is 85.7 Å². The van der Waals surface area contributed by atoms with Gasteiger partial charge in [0.25, 0.3) is 0 Å². The van der Waals surface area contributed by atoms with E-state index in [1.165, 1.54) is 4.68 Å². The molecule has 2 saturated carbocycles. The number of carbonyl (C=O) groups is 3. The first-order valence-electron chi connectivity index (χ1n) is 15.3. The van der Waals surface area contributed by atoms with E-state index in [4.69, 9.17) is 0 Å². The molecule has 6 atom stereocenters. The second-order valence-electron chi connectivity index (χ2n) is 15.2. The van der Waals surface area contributed by atoms with Gasteiger partial charge in [-0.1, -0.05) is 60.1 Å². The molecule has 0 spiro atoms. The molecule has 0 radical (unpaired) electrons. The Morgan fingerprint density at radius 1 is 1.00 bits per heavy atom. The molecule has 1 aromatic heterocycles. The lowest BCUT2D eigenvalue weighted by atomic mass is 9.38. The first-order valence-corrected chi connectivity index (χ1v) is 15.3. The Morgan fingerprint density at radius 2 is 1.68 bits per heavy atom. The standard InChI is InChI=1S/C34H46N4O3/c1-30(2)13-9-23(37-29(41)38-18-8-17-36-38)10-15-33(6)24(11-14-30)25(39)19-27-32(5)20-22(21-35)28(40)31(3,4)26(32)12-16-34(27,33)7/h8,17-20,23-24,26H,9-16H2,1-7H3,(H,37,41)/t23-,24?,26-,32-,33+,34+/m0/s1. The first-order chi connectivity index (χ1) is 19.1. The maximum absolute atomic E-state index is 14.2. The van der Waals surface area contributed by atoms with E-state index >= 15 is 0 Å². The number of ketones is 2. The number of amides is 1. The summed E-state index contributed by atoms with van der Waals surface area (Å²) in [4.78, 5) is 40.5. The number of nitrogens with one attached hydrogen (secondary N) is 1. The Kier molecular flexibility index (Phi) is 7.03. The number of fused-ring (bicyclic) bond motifs is 5. The molecule has 0 saturated heterocycles. The predicted molar refractivity (Wildman–Crippen MR) is 158 cm³/mol. The van der Waals surface area contributed by atoms with Crippen LogP contribution in [0.1, 0.15) is 99.8 Å². The maximum atomic E-state index is 14.2. The SMILES string of the molecule is CC1(C)CCC2C(=O)C=C3[C@@]4(C)C=C(C#N)C(=O)C(C)(C)[C@@H]4CC[C@@]3(C)[C@]2(C)CC[C@@H](NC(=O)n2cccn2)CC1. The molecule has 4 aliphatic carbocycles. The summed E-state index contributed by atoms with van der Waals surface area (Å²) in [6.07, 6.45) is 14.0. The molecule has 2 fully saturated rings. The van der Waals surface area contributed by atoms with E-state index in [0.717, 1.165) is 56.9 Å². The van der Waals surface area contributed by atoms with Gasteiger partial charge in [0.15, 0.2) is 11.6 Å². The van der Waals surface area contributed by atoms with Crippen molar-refractivity contribution in [2.24, 2.45) is 38.9 Å². The van der Waals surface area contributed by atoms with Crippen LogP contribution in [-0.4, -0.2) is 33.4 Å². The van der Waals surface area contributed by atoms with Crippen LogP contribution >= 0.6 is 0 Å². The molecule has 1 unspecified atom stereocenters. The molecule has 41 heavy (non-hydrogen) atoms. The fraction of sp³-hybridized carbons (Fsp3) is 0.676. The molecule has 220 valence electrons. The van der Waals surface area contributed by atoms with Crippen molar-refractivity contribution in [2.75, 3.05) is 0 Å². The molecule has 7 nitrogen and oxygen atoms in total. The van der Waals surface area contributed by atoms with Crippen molar-refractivity contribution in [1.29, 1.82) is 5.26 Å². The Balaban J connectivity index is 1.57. The van der Waals surface area contributed by atoms with Gasteiger partial charge in [-0.25, -0.2) is 4.79 Å². The van der Waals surface area contributed by atoms with Gasteiger partial charge in [0, 0.05) is 35.2 Å². The minimum Gasteiger partial charge on any atom is -0.333 e. The summed E-state index contributed by atoms with van der Waals surface area (Å²) in [5, 5.41) is 17.3. The van der Waals surface area contributed by atoms with Gasteiger partial charge in [0.05, 0.1) is 5.57 Å². The second kappa shape index (κ2) is 9.78. The number of nitrogens with zero attached hydrogens (tertiary/aromatic N) is 3. The van der Waals surface area contributed by atoms with Gasteiger partial charge in [0.1, 0.15) is 6.07 Å². The van der Waals surface area contributed by atoms with E-state index in [-0.39, 0.29) is 57.3 Å². The molecule has 5 rings (SSSR count). The number of nitriles is 1. The average Bonchev–Trinajstić information content (AvgIpc) is 3.44. The Hall–Kier alpha value is -3.01. The van der Waals surface area contributed by atoms with Crippen LogP contribution in [0.2, 0.25) is 0 Å². The van der Waals surface area contributed by atoms with Crippen molar-refractivity contribution in [3.63, 3.8) is 0 Å². The van der Waals surface area contributed by atoms with Gasteiger partial charge in [-0.2, -0.15) is 15.0 Å². The third-order valence-corrected chi connectivity index (χ3v) is 12.1. The molecule has 1 aromatic rings. The van der Waals surface area contributed by atoms with Gasteiger partial charge in [0.2, 0.25) is 0 Å². The number of allylic oxidation sites excluding steroid dienone is 4. The van der Waals surface area contributed by atoms with E-state index in [2.05, 4.69) is 51.1 Å². The van der Waals surface area contributed by atoms with Crippen molar-refractivity contribution in [3.8, 4) is 6.07 Å². The number of carbonyl (C=O) groups excluding carboxylic acids is 3. The highest BCUT2D eigenvalue weighted by Crippen LogP contribution is 2.70. The van der Waals surface area contributed by atoms with Crippen molar-refractivity contribution in [1.82, 2.24) is 15.1 Å². The number of rotatable bonds is 1. The highest BCUT2D eigenvalue weighted by atomic mass is 16.2. The highest BCUT2D eigenvalue weighted by Gasteiger charge is 2.65. The van der Waals surface area contributed by atoms with Crippen molar-refractivity contribution >= 4 is 17.6 Å². The molecule has 0 bridgehead atoms. The number of Topliss-reactive ketones (excluding diaryl/α,β-unsaturated/α-hetero) is 1. The summed E-state index contributed by atoms with van der Waals surface area (Å²) in [5.41, 5.74) is -0.513.